The van der Waals surface area contributed by atoms with Crippen molar-refractivity contribution >= 4 is 29.4 Å². The minimum Gasteiger partial charge on any atom is -0.354 e. The smallest absolute Gasteiger partial charge is 0.322 e. The van der Waals surface area contributed by atoms with Crippen LogP contribution in [0, 0.1) is 0 Å². The van der Waals surface area contributed by atoms with Gasteiger partial charge >= 0.3 is 6.03 Å². The summed E-state index contributed by atoms with van der Waals surface area (Å²) < 4.78 is 0. The highest BCUT2D eigenvalue weighted by molar-refractivity contribution is 6.30. The van der Waals surface area contributed by atoms with Crippen molar-refractivity contribution in [1.82, 2.24) is 20.4 Å². The lowest BCUT2D eigenvalue weighted by molar-refractivity contribution is -0.136. The van der Waals surface area contributed by atoms with Crippen molar-refractivity contribution < 1.29 is 14.4 Å². The van der Waals surface area contributed by atoms with E-state index in [1.807, 2.05) is 79.7 Å². The quantitative estimate of drug-likeness (QED) is 0.418. The third-order valence-electron chi connectivity index (χ3n) is 7.28. The van der Waals surface area contributed by atoms with Crippen molar-refractivity contribution in [3.05, 3.63) is 118 Å². The van der Waals surface area contributed by atoms with E-state index in [2.05, 4.69) is 10.6 Å². The standard InChI is InChI=1S/C31H31ClN4O3/c1-2-35-26-20-36(30(38)27(26)28(34-31(35)39)23-13-15-24(32)16-14-23)25(19-22-11-7-4-8-12-22)29(37)33-18-17-21-9-5-3-6-10-21/h3-16,25,28H,2,17-20H2,1H3,(H,33,37)(H,34,39). The lowest BCUT2D eigenvalue weighted by Crippen LogP contribution is -2.50. The van der Waals surface area contributed by atoms with Crippen LogP contribution in [-0.4, -0.2) is 53.3 Å². The van der Waals surface area contributed by atoms with Crippen molar-refractivity contribution in [2.45, 2.75) is 31.8 Å². The molecule has 0 radical (unpaired) electrons. The molecule has 0 aliphatic carbocycles. The first kappa shape index (κ1) is 26.5. The molecular formula is C31H31ClN4O3. The molecule has 2 atom stereocenters. The van der Waals surface area contributed by atoms with E-state index in [-0.39, 0.29) is 24.4 Å². The van der Waals surface area contributed by atoms with Crippen LogP contribution in [-0.2, 0) is 22.4 Å². The second kappa shape index (κ2) is 11.7. The Morgan fingerprint density at radius 3 is 2.26 bits per heavy atom. The van der Waals surface area contributed by atoms with Crippen LogP contribution in [0.3, 0.4) is 0 Å². The summed E-state index contributed by atoms with van der Waals surface area (Å²) in [6.07, 6.45) is 1.05. The summed E-state index contributed by atoms with van der Waals surface area (Å²) in [5.74, 6) is -0.462. The first-order valence-electron chi connectivity index (χ1n) is 13.2. The number of hydrogen-bond acceptors (Lipinski definition) is 3. The van der Waals surface area contributed by atoms with Gasteiger partial charge in [-0.15, -0.1) is 0 Å². The Bertz CT molecular complexity index is 1380. The van der Waals surface area contributed by atoms with Crippen LogP contribution in [0.4, 0.5) is 4.79 Å². The fourth-order valence-electron chi connectivity index (χ4n) is 5.28. The van der Waals surface area contributed by atoms with Gasteiger partial charge in [-0.25, -0.2) is 4.79 Å². The number of amides is 4. The Labute approximate surface area is 233 Å². The van der Waals surface area contributed by atoms with Gasteiger partial charge in [0.05, 0.1) is 23.9 Å². The number of carbonyl (C=O) groups is 3. The Morgan fingerprint density at radius 2 is 1.62 bits per heavy atom. The van der Waals surface area contributed by atoms with Gasteiger partial charge in [0.2, 0.25) is 5.91 Å². The zero-order valence-electron chi connectivity index (χ0n) is 21.8. The molecule has 8 heteroatoms. The number of benzene rings is 3. The highest BCUT2D eigenvalue weighted by atomic mass is 35.5. The first-order chi connectivity index (χ1) is 19.0. The Hall–Kier alpha value is -4.10. The van der Waals surface area contributed by atoms with E-state index in [4.69, 9.17) is 11.6 Å². The predicted molar refractivity (Wildman–Crippen MR) is 151 cm³/mol. The van der Waals surface area contributed by atoms with E-state index in [9.17, 15) is 14.4 Å². The largest absolute Gasteiger partial charge is 0.354 e. The van der Waals surface area contributed by atoms with E-state index in [1.165, 1.54) is 0 Å². The van der Waals surface area contributed by atoms with Gasteiger partial charge in [0.1, 0.15) is 6.04 Å². The minimum absolute atomic E-state index is 0.184. The number of urea groups is 1. The highest BCUT2D eigenvalue weighted by Crippen LogP contribution is 2.37. The number of likely N-dealkylation sites (N-methyl/N-ethyl adjacent to an activating group) is 1. The van der Waals surface area contributed by atoms with Crippen LogP contribution < -0.4 is 10.6 Å². The summed E-state index contributed by atoms with van der Waals surface area (Å²) in [6, 6.07) is 25.1. The molecule has 4 amide bonds. The number of rotatable bonds is 9. The van der Waals surface area contributed by atoms with Gasteiger partial charge in [-0.05, 0) is 42.2 Å². The molecule has 0 spiro atoms. The molecule has 2 aliphatic rings. The molecule has 3 aromatic rings. The first-order valence-corrected chi connectivity index (χ1v) is 13.6. The summed E-state index contributed by atoms with van der Waals surface area (Å²) in [4.78, 5) is 44.0. The third-order valence-corrected chi connectivity index (χ3v) is 7.53. The molecule has 7 nitrogen and oxygen atoms in total. The second-order valence-corrected chi connectivity index (χ2v) is 10.1. The van der Waals surface area contributed by atoms with Crippen LogP contribution in [0.15, 0.2) is 96.2 Å². The molecule has 3 aromatic carbocycles. The fraction of sp³-hybridized carbons (Fsp3) is 0.258. The van der Waals surface area contributed by atoms with Crippen molar-refractivity contribution in [2.75, 3.05) is 19.6 Å². The van der Waals surface area contributed by atoms with E-state index in [0.29, 0.717) is 42.2 Å². The van der Waals surface area contributed by atoms with Gasteiger partial charge in [-0.3, -0.25) is 14.5 Å². The molecule has 200 valence electrons. The van der Waals surface area contributed by atoms with Crippen molar-refractivity contribution in [3.63, 3.8) is 0 Å². The lowest BCUT2D eigenvalue weighted by atomic mass is 9.95. The summed E-state index contributed by atoms with van der Waals surface area (Å²) in [7, 11) is 0. The average molecular weight is 543 g/mol. The molecule has 2 N–H and O–H groups in total. The van der Waals surface area contributed by atoms with E-state index in [0.717, 1.165) is 16.7 Å². The maximum atomic E-state index is 14.1. The Balaban J connectivity index is 1.43. The lowest BCUT2D eigenvalue weighted by Gasteiger charge is -2.32. The van der Waals surface area contributed by atoms with Crippen molar-refractivity contribution in [2.24, 2.45) is 0 Å². The SMILES string of the molecule is CCN1C(=O)NC(c2ccc(Cl)cc2)C2=C1CN(C(Cc1ccccc1)C(=O)NCCc1ccccc1)C2=O. The highest BCUT2D eigenvalue weighted by Gasteiger charge is 2.46. The van der Waals surface area contributed by atoms with Crippen LogP contribution in [0.25, 0.3) is 0 Å². The molecule has 2 unspecified atom stereocenters. The maximum absolute atomic E-state index is 14.1. The van der Waals surface area contributed by atoms with Gasteiger partial charge in [-0.2, -0.15) is 0 Å². The fourth-order valence-corrected chi connectivity index (χ4v) is 5.41. The monoisotopic (exact) mass is 542 g/mol. The van der Waals surface area contributed by atoms with E-state index in [1.54, 1.807) is 21.9 Å². The van der Waals surface area contributed by atoms with Crippen molar-refractivity contribution in [3.8, 4) is 0 Å². The average Bonchev–Trinajstić information content (AvgIpc) is 3.29. The van der Waals surface area contributed by atoms with E-state index < -0.39 is 12.1 Å². The topological polar surface area (TPSA) is 81.8 Å². The molecule has 0 aromatic heterocycles. The van der Waals surface area contributed by atoms with Gasteiger partial charge in [0.25, 0.3) is 5.91 Å². The number of nitrogens with one attached hydrogen (secondary N) is 2. The van der Waals surface area contributed by atoms with Crippen LogP contribution in [0.2, 0.25) is 5.02 Å². The number of halogens is 1. The van der Waals surface area contributed by atoms with E-state index >= 15 is 0 Å². The number of carbonyl (C=O) groups excluding carboxylic acids is 3. The molecule has 0 bridgehead atoms. The Kier molecular flexibility index (Phi) is 7.98. The molecular weight excluding hydrogens is 512 g/mol. The molecule has 5 rings (SSSR count). The number of nitrogens with zero attached hydrogens (tertiary/aromatic N) is 2. The molecule has 39 heavy (non-hydrogen) atoms. The van der Waals surface area contributed by atoms with Gasteiger partial charge < -0.3 is 15.5 Å². The normalized spacial score (nSPS) is 17.6. The zero-order valence-corrected chi connectivity index (χ0v) is 22.5. The van der Waals surface area contributed by atoms with Crippen LogP contribution in [0.5, 0.6) is 0 Å². The molecule has 0 saturated carbocycles. The summed E-state index contributed by atoms with van der Waals surface area (Å²) in [5.41, 5.74) is 3.98. The summed E-state index contributed by atoms with van der Waals surface area (Å²) in [5, 5.41) is 6.60. The minimum atomic E-state index is -0.735. The molecule has 2 heterocycles. The molecule has 2 aliphatic heterocycles. The zero-order chi connectivity index (χ0) is 27.4. The number of hydrogen-bond donors (Lipinski definition) is 2. The van der Waals surface area contributed by atoms with Crippen LogP contribution in [0.1, 0.15) is 29.7 Å². The van der Waals surface area contributed by atoms with Crippen molar-refractivity contribution in [1.29, 1.82) is 0 Å². The molecule has 0 fully saturated rings. The van der Waals surface area contributed by atoms with Crippen LogP contribution >= 0.6 is 11.6 Å². The second-order valence-electron chi connectivity index (χ2n) is 9.70. The summed E-state index contributed by atoms with van der Waals surface area (Å²) >= 11 is 6.09. The molecule has 0 saturated heterocycles. The summed E-state index contributed by atoms with van der Waals surface area (Å²) in [6.45, 7) is 2.92. The predicted octanol–water partition coefficient (Wildman–Crippen LogP) is 4.49. The Morgan fingerprint density at radius 1 is 0.974 bits per heavy atom. The van der Waals surface area contributed by atoms with Gasteiger partial charge in [-0.1, -0.05) is 84.4 Å². The van der Waals surface area contributed by atoms with Gasteiger partial charge in [0.15, 0.2) is 0 Å². The van der Waals surface area contributed by atoms with Gasteiger partial charge in [0, 0.05) is 24.5 Å². The maximum Gasteiger partial charge on any atom is 0.322 e. The third kappa shape index (κ3) is 5.68.